The molecule has 0 unspecified atom stereocenters. The average Bonchev–Trinajstić information content (AvgIpc) is 2.58. The van der Waals surface area contributed by atoms with Crippen molar-refractivity contribution in [2.75, 3.05) is 45.2 Å². The minimum atomic E-state index is -0.506. The molecule has 0 heterocycles. The van der Waals surface area contributed by atoms with E-state index in [9.17, 15) is 9.18 Å². The number of carbonyl (C=O) groups is 1. The molecule has 0 atom stereocenters. The second-order valence-corrected chi connectivity index (χ2v) is 7.11. The van der Waals surface area contributed by atoms with Crippen molar-refractivity contribution >= 4 is 17.7 Å². The van der Waals surface area contributed by atoms with Crippen molar-refractivity contribution in [3.8, 4) is 0 Å². The number of ether oxygens (including phenoxy) is 1. The first kappa shape index (κ1) is 22.5. The molecule has 3 N–H and O–H groups in total. The number of nitrogens with zero attached hydrogens (tertiary/aromatic N) is 2. The Kier molecular flexibility index (Phi) is 9.39. The van der Waals surface area contributed by atoms with Crippen molar-refractivity contribution in [1.82, 2.24) is 16.0 Å². The fourth-order valence-electron chi connectivity index (χ4n) is 2.25. The number of rotatable bonds is 8. The van der Waals surface area contributed by atoms with Crippen LogP contribution in [0.5, 0.6) is 0 Å². The summed E-state index contributed by atoms with van der Waals surface area (Å²) in [5.74, 6) is 0.427. The van der Waals surface area contributed by atoms with E-state index in [-0.39, 0.29) is 5.82 Å². The van der Waals surface area contributed by atoms with Gasteiger partial charge in [-0.1, -0.05) is 6.07 Å². The largest absolute Gasteiger partial charge is 0.444 e. The zero-order valence-corrected chi connectivity index (χ0v) is 16.9. The summed E-state index contributed by atoms with van der Waals surface area (Å²) in [5.41, 5.74) is 0.346. The first-order chi connectivity index (χ1) is 12.7. The van der Waals surface area contributed by atoms with Gasteiger partial charge in [0, 0.05) is 46.0 Å². The van der Waals surface area contributed by atoms with E-state index in [1.54, 1.807) is 13.1 Å². The third kappa shape index (κ3) is 10.3. The SMILES string of the molecule is CN=C(NCCCN(C)c1cccc(F)c1)NCCNC(=O)OC(C)(C)C. The van der Waals surface area contributed by atoms with Gasteiger partial charge in [0.25, 0.3) is 0 Å². The van der Waals surface area contributed by atoms with Crippen LogP contribution < -0.4 is 20.9 Å². The molecule has 152 valence electrons. The highest BCUT2D eigenvalue weighted by Gasteiger charge is 2.15. The van der Waals surface area contributed by atoms with E-state index in [1.165, 1.54) is 12.1 Å². The Balaban J connectivity index is 2.18. The summed E-state index contributed by atoms with van der Waals surface area (Å²) in [5, 5.41) is 9.01. The highest BCUT2D eigenvalue weighted by Crippen LogP contribution is 2.13. The van der Waals surface area contributed by atoms with E-state index in [0.717, 1.165) is 25.2 Å². The topological polar surface area (TPSA) is 78.0 Å². The minimum absolute atomic E-state index is 0.234. The molecule has 8 heteroatoms. The van der Waals surface area contributed by atoms with Gasteiger partial charge in [-0.05, 0) is 45.4 Å². The van der Waals surface area contributed by atoms with Crippen LogP contribution in [0.4, 0.5) is 14.9 Å². The summed E-state index contributed by atoms with van der Waals surface area (Å²) in [4.78, 5) is 17.7. The van der Waals surface area contributed by atoms with Gasteiger partial charge in [-0.3, -0.25) is 4.99 Å². The monoisotopic (exact) mass is 381 g/mol. The number of amides is 1. The Labute approximate surface area is 161 Å². The lowest BCUT2D eigenvalue weighted by Gasteiger charge is -2.20. The lowest BCUT2D eigenvalue weighted by molar-refractivity contribution is 0.0529. The molecule has 7 nitrogen and oxygen atoms in total. The van der Waals surface area contributed by atoms with E-state index in [1.807, 2.05) is 38.8 Å². The summed E-state index contributed by atoms with van der Waals surface area (Å²) >= 11 is 0. The van der Waals surface area contributed by atoms with Crippen LogP contribution in [0.25, 0.3) is 0 Å². The third-order valence-electron chi connectivity index (χ3n) is 3.52. The van der Waals surface area contributed by atoms with Crippen LogP contribution in [0.15, 0.2) is 29.3 Å². The Morgan fingerprint density at radius 2 is 1.85 bits per heavy atom. The van der Waals surface area contributed by atoms with Gasteiger partial charge >= 0.3 is 6.09 Å². The normalized spacial score (nSPS) is 11.7. The van der Waals surface area contributed by atoms with Crippen molar-refractivity contribution in [1.29, 1.82) is 0 Å². The Hall–Kier alpha value is -2.51. The summed E-state index contributed by atoms with van der Waals surface area (Å²) < 4.78 is 18.4. The first-order valence-corrected chi connectivity index (χ1v) is 9.09. The van der Waals surface area contributed by atoms with Crippen molar-refractivity contribution in [3.05, 3.63) is 30.1 Å². The van der Waals surface area contributed by atoms with E-state index in [0.29, 0.717) is 19.0 Å². The van der Waals surface area contributed by atoms with Gasteiger partial charge in [0.2, 0.25) is 0 Å². The Bertz CT molecular complexity index is 616. The molecule has 0 fully saturated rings. The molecule has 1 aromatic carbocycles. The van der Waals surface area contributed by atoms with Crippen LogP contribution in [0.2, 0.25) is 0 Å². The standard InChI is InChI=1S/C19H32FN5O2/c1-19(2,3)27-18(26)24-12-11-23-17(21-4)22-10-7-13-25(5)16-9-6-8-15(20)14-16/h6,8-9,14H,7,10-13H2,1-5H3,(H,24,26)(H2,21,22,23). The zero-order valence-electron chi connectivity index (χ0n) is 16.9. The number of anilines is 1. The number of aliphatic imine (C=N–C) groups is 1. The summed E-state index contributed by atoms with van der Waals surface area (Å²) in [7, 11) is 3.62. The highest BCUT2D eigenvalue weighted by atomic mass is 19.1. The Morgan fingerprint density at radius 1 is 1.19 bits per heavy atom. The highest BCUT2D eigenvalue weighted by molar-refractivity contribution is 5.79. The van der Waals surface area contributed by atoms with Crippen LogP contribution in [0.3, 0.4) is 0 Å². The van der Waals surface area contributed by atoms with Crippen molar-refractivity contribution < 1.29 is 13.9 Å². The average molecular weight is 381 g/mol. The lowest BCUT2D eigenvalue weighted by Crippen LogP contribution is -2.43. The first-order valence-electron chi connectivity index (χ1n) is 9.09. The predicted molar refractivity (Wildman–Crippen MR) is 108 cm³/mol. The number of hydrogen-bond acceptors (Lipinski definition) is 4. The van der Waals surface area contributed by atoms with Crippen molar-refractivity contribution in [2.45, 2.75) is 32.8 Å². The summed E-state index contributed by atoms with van der Waals surface area (Å²) in [6, 6.07) is 6.54. The smallest absolute Gasteiger partial charge is 0.407 e. The predicted octanol–water partition coefficient (Wildman–Crippen LogP) is 2.34. The van der Waals surface area contributed by atoms with Gasteiger partial charge in [-0.2, -0.15) is 0 Å². The van der Waals surface area contributed by atoms with Crippen LogP contribution in [0, 0.1) is 5.82 Å². The molecule has 27 heavy (non-hydrogen) atoms. The number of benzene rings is 1. The third-order valence-corrected chi connectivity index (χ3v) is 3.52. The van der Waals surface area contributed by atoms with Gasteiger partial charge in [0.15, 0.2) is 5.96 Å². The molecule has 0 aliphatic heterocycles. The van der Waals surface area contributed by atoms with Gasteiger partial charge in [0.05, 0.1) is 0 Å². The molecule has 0 aromatic heterocycles. The second-order valence-electron chi connectivity index (χ2n) is 7.11. The maximum Gasteiger partial charge on any atom is 0.407 e. The van der Waals surface area contributed by atoms with Crippen LogP contribution >= 0.6 is 0 Å². The molecule has 0 radical (unpaired) electrons. The van der Waals surface area contributed by atoms with Gasteiger partial charge in [-0.25, -0.2) is 9.18 Å². The summed E-state index contributed by atoms with van der Waals surface area (Å²) in [6.07, 6.45) is 0.428. The fourth-order valence-corrected chi connectivity index (χ4v) is 2.25. The van der Waals surface area contributed by atoms with E-state index in [2.05, 4.69) is 20.9 Å². The molecule has 0 aliphatic carbocycles. The van der Waals surface area contributed by atoms with Crippen molar-refractivity contribution in [3.63, 3.8) is 0 Å². The molecule has 1 aromatic rings. The zero-order chi connectivity index (χ0) is 20.3. The number of nitrogens with one attached hydrogen (secondary N) is 3. The van der Waals surface area contributed by atoms with Gasteiger partial charge < -0.3 is 25.6 Å². The molecule has 1 rings (SSSR count). The van der Waals surface area contributed by atoms with Gasteiger partial charge in [-0.15, -0.1) is 0 Å². The van der Waals surface area contributed by atoms with E-state index in [4.69, 9.17) is 4.74 Å². The molecule has 0 saturated carbocycles. The minimum Gasteiger partial charge on any atom is -0.444 e. The maximum atomic E-state index is 13.2. The molecule has 0 spiro atoms. The molecular weight excluding hydrogens is 349 g/mol. The molecule has 0 bridgehead atoms. The van der Waals surface area contributed by atoms with Crippen LogP contribution in [0.1, 0.15) is 27.2 Å². The number of guanidine groups is 1. The van der Waals surface area contributed by atoms with Crippen LogP contribution in [-0.2, 0) is 4.74 Å². The summed E-state index contributed by atoms with van der Waals surface area (Å²) in [6.45, 7) is 7.93. The number of hydrogen-bond donors (Lipinski definition) is 3. The Morgan fingerprint density at radius 3 is 2.48 bits per heavy atom. The number of carbonyl (C=O) groups excluding carboxylic acids is 1. The fraction of sp³-hybridized carbons (Fsp3) is 0.579. The number of alkyl carbamates (subject to hydrolysis) is 1. The van der Waals surface area contributed by atoms with E-state index < -0.39 is 11.7 Å². The van der Waals surface area contributed by atoms with Crippen LogP contribution in [-0.4, -0.2) is 57.9 Å². The van der Waals surface area contributed by atoms with E-state index >= 15 is 0 Å². The lowest BCUT2D eigenvalue weighted by atomic mass is 10.2. The second kappa shape index (κ2) is 11.3. The van der Waals surface area contributed by atoms with Crippen molar-refractivity contribution in [2.24, 2.45) is 4.99 Å². The molecule has 1 amide bonds. The van der Waals surface area contributed by atoms with Gasteiger partial charge in [0.1, 0.15) is 11.4 Å². The number of halogens is 1. The maximum absolute atomic E-state index is 13.2. The quantitative estimate of drug-likeness (QED) is 0.366. The molecule has 0 saturated heterocycles. The molecular formula is C19H32FN5O2. The molecule has 0 aliphatic rings.